The molecule has 1 aromatic rings. The van der Waals surface area contributed by atoms with Gasteiger partial charge in [-0.1, -0.05) is 19.3 Å². The van der Waals surface area contributed by atoms with E-state index in [1.54, 1.807) is 9.80 Å². The zero-order valence-corrected chi connectivity index (χ0v) is 15.2. The largest absolute Gasteiger partial charge is 0.435 e. The monoisotopic (exact) mass is 381 g/mol. The quantitative estimate of drug-likeness (QED) is 0.872. The highest BCUT2D eigenvalue weighted by Crippen LogP contribution is 2.19. The van der Waals surface area contributed by atoms with Crippen molar-refractivity contribution in [2.45, 2.75) is 44.8 Å². The second kappa shape index (κ2) is 9.01. The maximum atomic E-state index is 12.5. The van der Waals surface area contributed by atoms with Crippen LogP contribution in [0.4, 0.5) is 13.6 Å². The van der Waals surface area contributed by atoms with Crippen molar-refractivity contribution in [3.8, 4) is 5.75 Å². The maximum Gasteiger partial charge on any atom is 0.387 e. The van der Waals surface area contributed by atoms with Gasteiger partial charge in [0.1, 0.15) is 5.75 Å². The molecule has 0 aromatic heterocycles. The molecule has 0 unspecified atom stereocenters. The highest BCUT2D eigenvalue weighted by atomic mass is 19.3. The summed E-state index contributed by atoms with van der Waals surface area (Å²) in [5, 5.41) is 3.09. The van der Waals surface area contributed by atoms with Crippen molar-refractivity contribution in [2.24, 2.45) is 0 Å². The molecule has 0 atom stereocenters. The van der Waals surface area contributed by atoms with Gasteiger partial charge in [-0.2, -0.15) is 8.78 Å². The van der Waals surface area contributed by atoms with Crippen LogP contribution in [0.3, 0.4) is 0 Å². The number of nitrogens with one attached hydrogen (secondary N) is 1. The number of nitrogens with zero attached hydrogens (tertiary/aromatic N) is 2. The van der Waals surface area contributed by atoms with E-state index in [9.17, 15) is 18.4 Å². The smallest absolute Gasteiger partial charge is 0.387 e. The molecule has 1 aromatic carbocycles. The lowest BCUT2D eigenvalue weighted by atomic mass is 9.96. The SMILES string of the molecule is O=C(NC1CCCCC1)N1CCN(C(=O)c2ccc(OC(F)F)cc2)CC1. The van der Waals surface area contributed by atoms with Crippen molar-refractivity contribution < 1.29 is 23.1 Å². The van der Waals surface area contributed by atoms with Crippen molar-refractivity contribution in [1.82, 2.24) is 15.1 Å². The second-order valence-electron chi connectivity index (χ2n) is 6.97. The Hall–Kier alpha value is -2.38. The van der Waals surface area contributed by atoms with E-state index < -0.39 is 6.61 Å². The number of rotatable bonds is 4. The molecule has 8 heteroatoms. The lowest BCUT2D eigenvalue weighted by Gasteiger charge is -2.36. The van der Waals surface area contributed by atoms with Crippen LogP contribution in [0, 0.1) is 0 Å². The van der Waals surface area contributed by atoms with Gasteiger partial charge in [0.25, 0.3) is 5.91 Å². The number of amides is 3. The molecule has 1 saturated heterocycles. The first kappa shape index (κ1) is 19.4. The molecule has 1 saturated carbocycles. The highest BCUT2D eigenvalue weighted by molar-refractivity contribution is 5.94. The Morgan fingerprint density at radius 3 is 2.15 bits per heavy atom. The Bertz CT molecular complexity index is 640. The van der Waals surface area contributed by atoms with E-state index in [0.29, 0.717) is 31.7 Å². The van der Waals surface area contributed by atoms with Crippen molar-refractivity contribution in [3.63, 3.8) is 0 Å². The Labute approximate surface area is 157 Å². The summed E-state index contributed by atoms with van der Waals surface area (Å²) < 4.78 is 28.7. The summed E-state index contributed by atoms with van der Waals surface area (Å²) >= 11 is 0. The number of hydrogen-bond donors (Lipinski definition) is 1. The van der Waals surface area contributed by atoms with Crippen LogP contribution in [0.5, 0.6) is 5.75 Å². The van der Waals surface area contributed by atoms with Crippen LogP contribution >= 0.6 is 0 Å². The summed E-state index contributed by atoms with van der Waals surface area (Å²) in [6.45, 7) is -1.02. The van der Waals surface area contributed by atoms with Gasteiger partial charge in [0.05, 0.1) is 0 Å². The fourth-order valence-corrected chi connectivity index (χ4v) is 3.59. The molecular formula is C19H25F2N3O3. The highest BCUT2D eigenvalue weighted by Gasteiger charge is 2.26. The molecule has 2 aliphatic rings. The molecule has 3 rings (SSSR count). The Morgan fingerprint density at radius 2 is 1.56 bits per heavy atom. The van der Waals surface area contributed by atoms with Crippen LogP contribution in [0.25, 0.3) is 0 Å². The lowest BCUT2D eigenvalue weighted by molar-refractivity contribution is -0.0498. The van der Waals surface area contributed by atoms with Gasteiger partial charge < -0.3 is 19.9 Å². The Balaban J connectivity index is 1.47. The van der Waals surface area contributed by atoms with Gasteiger partial charge in [-0.3, -0.25) is 4.79 Å². The van der Waals surface area contributed by atoms with Gasteiger partial charge in [0.2, 0.25) is 0 Å². The molecule has 3 amide bonds. The number of urea groups is 1. The molecule has 148 valence electrons. The lowest BCUT2D eigenvalue weighted by Crippen LogP contribution is -2.54. The van der Waals surface area contributed by atoms with Gasteiger partial charge in [-0.25, -0.2) is 4.79 Å². The van der Waals surface area contributed by atoms with Gasteiger partial charge in [0.15, 0.2) is 0 Å². The fraction of sp³-hybridized carbons (Fsp3) is 0.579. The third kappa shape index (κ3) is 5.30. The minimum Gasteiger partial charge on any atom is -0.435 e. The average molecular weight is 381 g/mol. The summed E-state index contributed by atoms with van der Waals surface area (Å²) in [4.78, 5) is 28.3. The molecule has 1 N–H and O–H groups in total. The van der Waals surface area contributed by atoms with E-state index in [1.807, 2.05) is 0 Å². The summed E-state index contributed by atoms with van der Waals surface area (Å²) in [6.07, 6.45) is 5.63. The van der Waals surface area contributed by atoms with E-state index in [2.05, 4.69) is 10.1 Å². The van der Waals surface area contributed by atoms with Crippen LogP contribution < -0.4 is 10.1 Å². The summed E-state index contributed by atoms with van der Waals surface area (Å²) in [5.41, 5.74) is 0.414. The number of hydrogen-bond acceptors (Lipinski definition) is 3. The molecule has 0 radical (unpaired) electrons. The van der Waals surface area contributed by atoms with Crippen molar-refractivity contribution >= 4 is 11.9 Å². The van der Waals surface area contributed by atoms with Gasteiger partial charge in [0, 0.05) is 37.8 Å². The summed E-state index contributed by atoms with van der Waals surface area (Å²) in [6, 6.07) is 5.87. The van der Waals surface area contributed by atoms with Crippen LogP contribution in [-0.4, -0.2) is 60.6 Å². The second-order valence-corrected chi connectivity index (χ2v) is 6.97. The molecule has 0 spiro atoms. The number of benzene rings is 1. The molecule has 1 aliphatic carbocycles. The molecule has 27 heavy (non-hydrogen) atoms. The summed E-state index contributed by atoms with van der Waals surface area (Å²) in [5.74, 6) is -0.156. The minimum atomic E-state index is -2.89. The van der Waals surface area contributed by atoms with E-state index in [4.69, 9.17) is 0 Å². The van der Waals surface area contributed by atoms with Crippen LogP contribution in [0.2, 0.25) is 0 Å². The van der Waals surface area contributed by atoms with E-state index in [0.717, 1.165) is 25.7 Å². The first-order chi connectivity index (χ1) is 13.0. The topological polar surface area (TPSA) is 61.9 Å². The first-order valence-corrected chi connectivity index (χ1v) is 9.42. The van der Waals surface area contributed by atoms with Crippen LogP contribution in [-0.2, 0) is 0 Å². The predicted octanol–water partition coefficient (Wildman–Crippen LogP) is 3.09. The Morgan fingerprint density at radius 1 is 0.963 bits per heavy atom. The fourth-order valence-electron chi connectivity index (χ4n) is 3.59. The van der Waals surface area contributed by atoms with Crippen molar-refractivity contribution in [3.05, 3.63) is 29.8 Å². The standard InChI is InChI=1S/C19H25F2N3O3/c20-18(21)27-16-8-6-14(7-9-16)17(25)23-10-12-24(13-11-23)19(26)22-15-4-2-1-3-5-15/h6-9,15,18H,1-5,10-13H2,(H,22,26). The first-order valence-electron chi connectivity index (χ1n) is 9.42. The van der Waals surface area contributed by atoms with E-state index in [1.165, 1.54) is 30.7 Å². The number of halogens is 2. The van der Waals surface area contributed by atoms with E-state index in [-0.39, 0.29) is 23.7 Å². The molecular weight excluding hydrogens is 356 g/mol. The number of piperazine rings is 1. The number of carbonyl (C=O) groups is 2. The zero-order chi connectivity index (χ0) is 19.2. The number of alkyl halides is 2. The van der Waals surface area contributed by atoms with E-state index >= 15 is 0 Å². The molecule has 1 aliphatic heterocycles. The number of carbonyl (C=O) groups excluding carboxylic acids is 2. The van der Waals surface area contributed by atoms with Gasteiger partial charge >= 0.3 is 12.6 Å². The molecule has 1 heterocycles. The minimum absolute atomic E-state index is 0.0192. The summed E-state index contributed by atoms with van der Waals surface area (Å²) in [7, 11) is 0. The third-order valence-corrected chi connectivity index (χ3v) is 5.11. The predicted molar refractivity (Wildman–Crippen MR) is 96.0 cm³/mol. The van der Waals surface area contributed by atoms with Crippen molar-refractivity contribution in [1.29, 1.82) is 0 Å². The zero-order valence-electron chi connectivity index (χ0n) is 15.2. The normalized spacial score (nSPS) is 18.5. The number of ether oxygens (including phenoxy) is 1. The van der Waals surface area contributed by atoms with Crippen molar-refractivity contribution in [2.75, 3.05) is 26.2 Å². The molecule has 2 fully saturated rings. The van der Waals surface area contributed by atoms with Gasteiger partial charge in [-0.15, -0.1) is 0 Å². The third-order valence-electron chi connectivity index (χ3n) is 5.11. The maximum absolute atomic E-state index is 12.5. The molecule has 6 nitrogen and oxygen atoms in total. The van der Waals surface area contributed by atoms with Crippen LogP contribution in [0.1, 0.15) is 42.5 Å². The van der Waals surface area contributed by atoms with Gasteiger partial charge in [-0.05, 0) is 37.1 Å². The van der Waals surface area contributed by atoms with Crippen LogP contribution in [0.15, 0.2) is 24.3 Å². The Kier molecular flexibility index (Phi) is 6.47. The average Bonchev–Trinajstić information content (AvgIpc) is 2.68. The molecule has 0 bridgehead atoms.